The van der Waals surface area contributed by atoms with E-state index >= 15 is 0 Å². The van der Waals surface area contributed by atoms with E-state index in [1.807, 2.05) is 12.1 Å². The molecule has 2 aromatic rings. The van der Waals surface area contributed by atoms with Crippen molar-refractivity contribution in [2.45, 2.75) is 43.5 Å². The Balaban J connectivity index is 1.52. The minimum absolute atomic E-state index is 0.185. The van der Waals surface area contributed by atoms with Gasteiger partial charge in [-0.3, -0.25) is 4.72 Å². The largest absolute Gasteiger partial charge is 0.353 e. The predicted molar refractivity (Wildman–Crippen MR) is 101 cm³/mol. The van der Waals surface area contributed by atoms with Gasteiger partial charge < -0.3 is 4.90 Å². The summed E-state index contributed by atoms with van der Waals surface area (Å²) in [6.45, 7) is 8.53. The lowest BCUT2D eigenvalue weighted by Gasteiger charge is -2.19. The Morgan fingerprint density at radius 2 is 1.92 bits per heavy atom. The van der Waals surface area contributed by atoms with E-state index < -0.39 is 0 Å². The second kappa shape index (κ2) is 7.42. The van der Waals surface area contributed by atoms with Crippen LogP contribution in [0.3, 0.4) is 0 Å². The molecule has 1 N–H and O–H groups in total. The van der Waals surface area contributed by atoms with Gasteiger partial charge in [0.1, 0.15) is 6.07 Å². The highest BCUT2D eigenvalue weighted by atomic mass is 32.2. The van der Waals surface area contributed by atoms with Crippen molar-refractivity contribution >= 4 is 17.8 Å². The Hall–Kier alpha value is -2.10. The van der Waals surface area contributed by atoms with Gasteiger partial charge in [-0.25, -0.2) is 0 Å². The summed E-state index contributed by atoms with van der Waals surface area (Å²) in [7, 11) is 0. The molecular weight excluding hydrogens is 330 g/mol. The molecule has 1 unspecified atom stereocenters. The molecule has 1 aliphatic heterocycles. The normalized spacial score (nSPS) is 17.5. The fourth-order valence-corrected chi connectivity index (χ4v) is 3.56. The van der Waals surface area contributed by atoms with Crippen LogP contribution in [0.2, 0.25) is 0 Å². The van der Waals surface area contributed by atoms with E-state index in [4.69, 9.17) is 5.26 Å². The average Bonchev–Trinajstić information content (AvgIpc) is 3.09. The minimum Gasteiger partial charge on any atom is -0.353 e. The summed E-state index contributed by atoms with van der Waals surface area (Å²) in [4.78, 5) is 3.43. The van der Waals surface area contributed by atoms with Crippen LogP contribution in [-0.4, -0.2) is 29.3 Å². The molecule has 0 bridgehead atoms. The van der Waals surface area contributed by atoms with E-state index in [0.717, 1.165) is 25.3 Å². The minimum atomic E-state index is 0.185. The zero-order valence-corrected chi connectivity index (χ0v) is 15.7. The molecule has 1 aliphatic rings. The van der Waals surface area contributed by atoms with Gasteiger partial charge in [0, 0.05) is 24.0 Å². The lowest BCUT2D eigenvalue weighted by atomic mass is 9.87. The molecular formula is C19H23N5S. The van der Waals surface area contributed by atoms with Crippen molar-refractivity contribution in [2.24, 2.45) is 0 Å². The summed E-state index contributed by atoms with van der Waals surface area (Å²) in [6.07, 6.45) is 1.06. The monoisotopic (exact) mass is 353 g/mol. The van der Waals surface area contributed by atoms with E-state index in [1.54, 1.807) is 18.0 Å². The van der Waals surface area contributed by atoms with Gasteiger partial charge in [0.05, 0.1) is 0 Å². The Bertz CT molecular complexity index is 743. The van der Waals surface area contributed by atoms with Crippen LogP contribution in [0.5, 0.6) is 0 Å². The number of nitrogens with zero attached hydrogens (tertiary/aromatic N) is 4. The number of rotatable bonds is 4. The number of hydrogen-bond acceptors (Lipinski definition) is 6. The highest BCUT2D eigenvalue weighted by molar-refractivity contribution is 7.97. The SMILES string of the molecule is CC(C)(C)c1ccc(SNC2CCN(c3ccc(C#N)nn3)C2)cc1. The number of anilines is 1. The summed E-state index contributed by atoms with van der Waals surface area (Å²) in [5, 5.41) is 16.8. The molecule has 0 spiro atoms. The highest BCUT2D eigenvalue weighted by Crippen LogP contribution is 2.26. The van der Waals surface area contributed by atoms with Gasteiger partial charge in [0.25, 0.3) is 0 Å². The summed E-state index contributed by atoms with van der Waals surface area (Å²) in [5.41, 5.74) is 1.89. The van der Waals surface area contributed by atoms with Crippen molar-refractivity contribution in [3.63, 3.8) is 0 Å². The maximum absolute atomic E-state index is 8.80. The molecule has 1 fully saturated rings. The van der Waals surface area contributed by atoms with Crippen molar-refractivity contribution in [3.8, 4) is 6.07 Å². The molecule has 1 aromatic heterocycles. The van der Waals surface area contributed by atoms with E-state index in [-0.39, 0.29) is 5.41 Å². The lowest BCUT2D eigenvalue weighted by molar-refractivity contribution is 0.589. The molecule has 6 heteroatoms. The average molecular weight is 353 g/mol. The van der Waals surface area contributed by atoms with Crippen LogP contribution in [0.15, 0.2) is 41.3 Å². The maximum Gasteiger partial charge on any atom is 0.163 e. The molecule has 0 aliphatic carbocycles. The molecule has 1 atom stereocenters. The fourth-order valence-electron chi connectivity index (χ4n) is 2.79. The first kappa shape index (κ1) is 17.7. The smallest absolute Gasteiger partial charge is 0.163 e. The van der Waals surface area contributed by atoms with Gasteiger partial charge in [0.15, 0.2) is 11.5 Å². The molecule has 0 amide bonds. The first-order valence-corrected chi connectivity index (χ1v) is 9.29. The standard InChI is InChI=1S/C19H23N5S/c1-19(2,3)14-4-7-17(8-5-14)25-23-16-10-11-24(13-16)18-9-6-15(12-20)21-22-18/h4-9,16,23H,10-11,13H2,1-3H3. The van der Waals surface area contributed by atoms with Gasteiger partial charge >= 0.3 is 0 Å². The molecule has 25 heavy (non-hydrogen) atoms. The topological polar surface area (TPSA) is 64.8 Å². The molecule has 130 valence electrons. The molecule has 0 saturated carbocycles. The third kappa shape index (κ3) is 4.50. The number of nitriles is 1. The van der Waals surface area contributed by atoms with Crippen LogP contribution < -0.4 is 9.62 Å². The Morgan fingerprint density at radius 3 is 2.52 bits per heavy atom. The molecule has 1 saturated heterocycles. The van der Waals surface area contributed by atoms with E-state index in [9.17, 15) is 0 Å². The van der Waals surface area contributed by atoms with Gasteiger partial charge in [-0.2, -0.15) is 5.26 Å². The summed E-state index contributed by atoms with van der Waals surface area (Å²) < 4.78 is 3.55. The predicted octanol–water partition coefficient (Wildman–Crippen LogP) is 3.52. The Kier molecular flexibility index (Phi) is 5.26. The molecule has 3 rings (SSSR count). The number of benzene rings is 1. The maximum atomic E-state index is 8.80. The van der Waals surface area contributed by atoms with Crippen LogP contribution in [0.25, 0.3) is 0 Å². The Morgan fingerprint density at radius 1 is 1.16 bits per heavy atom. The van der Waals surface area contributed by atoms with Crippen LogP contribution in [-0.2, 0) is 5.41 Å². The van der Waals surface area contributed by atoms with Gasteiger partial charge in [-0.1, -0.05) is 32.9 Å². The third-order valence-corrected chi connectivity index (χ3v) is 5.30. The van der Waals surface area contributed by atoms with E-state index in [1.165, 1.54) is 10.5 Å². The van der Waals surface area contributed by atoms with E-state index in [2.05, 4.69) is 64.9 Å². The first-order chi connectivity index (χ1) is 12.0. The zero-order valence-electron chi connectivity index (χ0n) is 14.9. The second-order valence-electron chi connectivity index (χ2n) is 7.31. The number of hydrogen-bond donors (Lipinski definition) is 1. The first-order valence-electron chi connectivity index (χ1n) is 8.47. The molecule has 5 nitrogen and oxygen atoms in total. The van der Waals surface area contributed by atoms with Crippen LogP contribution in [0.4, 0.5) is 5.82 Å². The second-order valence-corrected chi connectivity index (χ2v) is 8.23. The molecule has 1 aromatic carbocycles. The Labute approximate surface area is 153 Å². The van der Waals surface area contributed by atoms with Gasteiger partial charge in [-0.05, 0) is 53.6 Å². The van der Waals surface area contributed by atoms with Gasteiger partial charge in [0.2, 0.25) is 0 Å². The van der Waals surface area contributed by atoms with Crippen molar-refractivity contribution in [2.75, 3.05) is 18.0 Å². The highest BCUT2D eigenvalue weighted by Gasteiger charge is 2.23. The number of aromatic nitrogens is 2. The van der Waals surface area contributed by atoms with Crippen molar-refractivity contribution in [1.82, 2.24) is 14.9 Å². The van der Waals surface area contributed by atoms with Crippen LogP contribution >= 0.6 is 11.9 Å². The fraction of sp³-hybridized carbons (Fsp3) is 0.421. The zero-order chi connectivity index (χ0) is 17.9. The third-order valence-electron chi connectivity index (χ3n) is 4.34. The summed E-state index contributed by atoms with van der Waals surface area (Å²) in [6, 6.07) is 14.8. The lowest BCUT2D eigenvalue weighted by Crippen LogP contribution is -2.28. The summed E-state index contributed by atoms with van der Waals surface area (Å²) >= 11 is 1.68. The molecule has 0 radical (unpaired) electrons. The van der Waals surface area contributed by atoms with Crippen molar-refractivity contribution in [3.05, 3.63) is 47.7 Å². The van der Waals surface area contributed by atoms with Crippen LogP contribution in [0.1, 0.15) is 38.4 Å². The van der Waals surface area contributed by atoms with Gasteiger partial charge in [-0.15, -0.1) is 10.2 Å². The quantitative estimate of drug-likeness (QED) is 0.849. The van der Waals surface area contributed by atoms with Crippen molar-refractivity contribution < 1.29 is 0 Å². The molecule has 2 heterocycles. The van der Waals surface area contributed by atoms with Crippen LogP contribution in [0, 0.1) is 11.3 Å². The summed E-state index contributed by atoms with van der Waals surface area (Å²) in [5.74, 6) is 0.836. The van der Waals surface area contributed by atoms with E-state index in [0.29, 0.717) is 11.7 Å². The van der Waals surface area contributed by atoms with Crippen molar-refractivity contribution in [1.29, 1.82) is 5.26 Å². The number of nitrogens with one attached hydrogen (secondary N) is 1.